The van der Waals surface area contributed by atoms with E-state index in [0.29, 0.717) is 6.42 Å². The Labute approximate surface area is 336 Å². The Morgan fingerprint density at radius 3 is 1.13 bits per heavy atom. The fourth-order valence-electron chi connectivity index (χ4n) is 7.22. The van der Waals surface area contributed by atoms with Crippen molar-refractivity contribution < 1.29 is 20.1 Å². The summed E-state index contributed by atoms with van der Waals surface area (Å²) in [6.45, 7) is 4.18. The minimum Gasteiger partial charge on any atom is -0.394 e. The van der Waals surface area contributed by atoms with E-state index in [0.717, 1.165) is 44.9 Å². The first-order chi connectivity index (χ1) is 26.6. The second-order valence-electron chi connectivity index (χ2n) is 16.3. The van der Waals surface area contributed by atoms with E-state index in [1.54, 1.807) is 6.08 Å². The second kappa shape index (κ2) is 44.3. The van der Waals surface area contributed by atoms with Crippen LogP contribution in [-0.4, -0.2) is 46.1 Å². The number of nitrogens with one attached hydrogen (secondary N) is 1. The van der Waals surface area contributed by atoms with Gasteiger partial charge in [-0.3, -0.25) is 4.79 Å². The van der Waals surface area contributed by atoms with Crippen LogP contribution < -0.4 is 5.32 Å². The van der Waals surface area contributed by atoms with E-state index in [4.69, 9.17) is 0 Å². The summed E-state index contributed by atoms with van der Waals surface area (Å²) in [5.74, 6) is -0.514. The number of aliphatic hydroxyl groups is 3. The minimum absolute atomic E-state index is 0.379. The average Bonchev–Trinajstić information content (AvgIpc) is 3.18. The average molecular weight is 760 g/mol. The van der Waals surface area contributed by atoms with Gasteiger partial charge in [-0.25, -0.2) is 0 Å². The molecule has 5 nitrogen and oxygen atoms in total. The molecule has 3 unspecified atom stereocenters. The van der Waals surface area contributed by atoms with Gasteiger partial charge in [0.05, 0.1) is 18.8 Å². The maximum atomic E-state index is 12.5. The predicted octanol–water partition coefficient (Wildman–Crippen LogP) is 13.9. The largest absolute Gasteiger partial charge is 0.394 e. The van der Waals surface area contributed by atoms with E-state index in [9.17, 15) is 20.1 Å². The Kier molecular flexibility index (Phi) is 43.1. The van der Waals surface area contributed by atoms with E-state index in [1.807, 2.05) is 6.08 Å². The number of carbonyl (C=O) groups excluding carboxylic acids is 1. The molecule has 318 valence electrons. The monoisotopic (exact) mass is 760 g/mol. The van der Waals surface area contributed by atoms with E-state index in [-0.39, 0.29) is 6.61 Å². The lowest BCUT2D eigenvalue weighted by Crippen LogP contribution is -2.48. The van der Waals surface area contributed by atoms with Gasteiger partial charge in [0.1, 0.15) is 6.10 Å². The standard InChI is InChI=1S/C49H93NO4/c1-3-5-7-9-11-13-15-17-19-21-23-25-27-29-31-33-35-37-39-41-43-47(52)46(45-51)50-49(54)48(53)44-42-40-38-36-34-32-30-28-26-24-22-20-18-16-14-12-10-8-6-4-2/h25,27,33,35,41,43,46-48,51-53H,3-24,26,28-32,34,36-40,42,44-45H2,1-2H3,(H,50,54)/b27-25+,35-33+,43-41+. The normalized spacial score (nSPS) is 13.8. The summed E-state index contributed by atoms with van der Waals surface area (Å²) in [6.07, 6.45) is 56.2. The van der Waals surface area contributed by atoms with Gasteiger partial charge in [-0.15, -0.1) is 0 Å². The van der Waals surface area contributed by atoms with Crippen molar-refractivity contribution in [2.45, 2.75) is 263 Å². The van der Waals surface area contributed by atoms with Crippen molar-refractivity contribution >= 4 is 5.91 Å². The molecule has 0 saturated heterocycles. The van der Waals surface area contributed by atoms with Crippen LogP contribution in [0.1, 0.15) is 245 Å². The molecule has 0 spiro atoms. The third-order valence-corrected chi connectivity index (χ3v) is 11.0. The topological polar surface area (TPSA) is 89.8 Å². The molecule has 0 bridgehead atoms. The van der Waals surface area contributed by atoms with Gasteiger partial charge in [0.2, 0.25) is 5.91 Å². The predicted molar refractivity (Wildman–Crippen MR) is 236 cm³/mol. The maximum absolute atomic E-state index is 12.5. The molecule has 0 fully saturated rings. The Morgan fingerprint density at radius 1 is 0.444 bits per heavy atom. The van der Waals surface area contributed by atoms with Crippen molar-refractivity contribution in [2.75, 3.05) is 6.61 Å². The van der Waals surface area contributed by atoms with Gasteiger partial charge in [-0.05, 0) is 44.9 Å². The molecule has 0 radical (unpaired) electrons. The molecule has 54 heavy (non-hydrogen) atoms. The van der Waals surface area contributed by atoms with Gasteiger partial charge >= 0.3 is 0 Å². The van der Waals surface area contributed by atoms with E-state index >= 15 is 0 Å². The Balaban J connectivity index is 3.69. The van der Waals surface area contributed by atoms with Crippen LogP contribution in [-0.2, 0) is 4.79 Å². The van der Waals surface area contributed by atoms with Crippen LogP contribution in [0, 0.1) is 0 Å². The van der Waals surface area contributed by atoms with Crippen LogP contribution in [0.5, 0.6) is 0 Å². The molecule has 0 aliphatic heterocycles. The summed E-state index contributed by atoms with van der Waals surface area (Å²) in [5.41, 5.74) is 0. The van der Waals surface area contributed by atoms with Gasteiger partial charge in [-0.1, -0.05) is 237 Å². The highest BCUT2D eigenvalue weighted by Gasteiger charge is 2.22. The fraction of sp³-hybridized carbons (Fsp3) is 0.857. The van der Waals surface area contributed by atoms with Gasteiger partial charge in [0.25, 0.3) is 0 Å². The Morgan fingerprint density at radius 2 is 0.759 bits per heavy atom. The summed E-state index contributed by atoms with van der Waals surface area (Å²) in [4.78, 5) is 12.5. The number of amides is 1. The zero-order valence-corrected chi connectivity index (χ0v) is 36.1. The van der Waals surface area contributed by atoms with Crippen molar-refractivity contribution in [3.63, 3.8) is 0 Å². The minimum atomic E-state index is -1.11. The molecule has 4 N–H and O–H groups in total. The number of hydrogen-bond donors (Lipinski definition) is 4. The molecular formula is C49H93NO4. The van der Waals surface area contributed by atoms with Crippen LogP contribution >= 0.6 is 0 Å². The summed E-state index contributed by atoms with van der Waals surface area (Å²) >= 11 is 0. The number of rotatable bonds is 43. The SMILES string of the molecule is CCCCCCCCCCCC/C=C/CC/C=C/CC/C=C/C(O)C(CO)NC(=O)C(O)CCCCCCCCCCCCCCCCCCCCCC. The van der Waals surface area contributed by atoms with Crippen molar-refractivity contribution in [1.29, 1.82) is 0 Å². The number of aliphatic hydroxyl groups excluding tert-OH is 3. The zero-order valence-electron chi connectivity index (χ0n) is 36.1. The van der Waals surface area contributed by atoms with Gasteiger partial charge in [0, 0.05) is 0 Å². The number of hydrogen-bond acceptors (Lipinski definition) is 4. The zero-order chi connectivity index (χ0) is 39.4. The molecule has 0 aromatic carbocycles. The summed E-state index contributed by atoms with van der Waals surface area (Å²) in [6, 6.07) is -0.819. The third kappa shape index (κ3) is 38.8. The highest BCUT2D eigenvalue weighted by molar-refractivity contribution is 5.80. The van der Waals surface area contributed by atoms with Gasteiger partial charge in [0.15, 0.2) is 0 Å². The van der Waals surface area contributed by atoms with Crippen LogP contribution in [0.3, 0.4) is 0 Å². The highest BCUT2D eigenvalue weighted by atomic mass is 16.3. The van der Waals surface area contributed by atoms with E-state index in [1.165, 1.54) is 180 Å². The lowest BCUT2D eigenvalue weighted by atomic mass is 10.0. The lowest BCUT2D eigenvalue weighted by Gasteiger charge is -2.21. The molecule has 0 heterocycles. The van der Waals surface area contributed by atoms with Gasteiger partial charge in [-0.2, -0.15) is 0 Å². The first kappa shape index (κ1) is 52.6. The van der Waals surface area contributed by atoms with Crippen molar-refractivity contribution in [2.24, 2.45) is 0 Å². The summed E-state index contributed by atoms with van der Waals surface area (Å²) < 4.78 is 0. The van der Waals surface area contributed by atoms with Gasteiger partial charge < -0.3 is 20.6 Å². The molecule has 0 saturated carbocycles. The highest BCUT2D eigenvalue weighted by Crippen LogP contribution is 2.16. The smallest absolute Gasteiger partial charge is 0.249 e. The first-order valence-corrected chi connectivity index (χ1v) is 23.8. The van der Waals surface area contributed by atoms with Crippen LogP contribution in [0.2, 0.25) is 0 Å². The maximum Gasteiger partial charge on any atom is 0.249 e. The molecule has 3 atom stereocenters. The van der Waals surface area contributed by atoms with Crippen molar-refractivity contribution in [1.82, 2.24) is 5.32 Å². The number of allylic oxidation sites excluding steroid dienone is 5. The van der Waals surface area contributed by atoms with Crippen molar-refractivity contribution in [3.8, 4) is 0 Å². The Hall–Kier alpha value is -1.43. The molecule has 5 heteroatoms. The van der Waals surface area contributed by atoms with Crippen molar-refractivity contribution in [3.05, 3.63) is 36.5 Å². The fourth-order valence-corrected chi connectivity index (χ4v) is 7.22. The molecular weight excluding hydrogens is 667 g/mol. The molecule has 0 aliphatic rings. The lowest BCUT2D eigenvalue weighted by molar-refractivity contribution is -0.131. The summed E-state index contributed by atoms with van der Waals surface area (Å²) in [5, 5.41) is 33.2. The number of carbonyl (C=O) groups is 1. The van der Waals surface area contributed by atoms with E-state index in [2.05, 4.69) is 43.5 Å². The second-order valence-corrected chi connectivity index (χ2v) is 16.3. The molecule has 0 aliphatic carbocycles. The van der Waals surface area contributed by atoms with Crippen LogP contribution in [0.4, 0.5) is 0 Å². The number of unbranched alkanes of at least 4 members (excludes halogenated alkanes) is 31. The summed E-state index contributed by atoms with van der Waals surface area (Å²) in [7, 11) is 0. The molecule has 0 rings (SSSR count). The van der Waals surface area contributed by atoms with Crippen LogP contribution in [0.25, 0.3) is 0 Å². The quantitative estimate of drug-likeness (QED) is 0.0368. The Bertz CT molecular complexity index is 840. The first-order valence-electron chi connectivity index (χ1n) is 23.8. The van der Waals surface area contributed by atoms with Crippen LogP contribution in [0.15, 0.2) is 36.5 Å². The molecule has 0 aromatic rings. The van der Waals surface area contributed by atoms with E-state index < -0.39 is 24.2 Å². The molecule has 1 amide bonds. The third-order valence-electron chi connectivity index (χ3n) is 11.0. The molecule has 0 aromatic heterocycles.